The zero-order chi connectivity index (χ0) is 17.3. The molecule has 0 spiro atoms. The average molecular weight is 366 g/mol. The zero-order valence-corrected chi connectivity index (χ0v) is 14.8. The lowest BCUT2D eigenvalue weighted by molar-refractivity contribution is 0.560. The normalized spacial score (nSPS) is 15.0. The molecule has 0 saturated carbocycles. The minimum absolute atomic E-state index is 0.172. The number of imidazole rings is 1. The minimum atomic E-state index is -0.172. The largest absolute Gasteiger partial charge is 0.328 e. The summed E-state index contributed by atoms with van der Waals surface area (Å²) in [6.07, 6.45) is 4.52. The van der Waals surface area contributed by atoms with Crippen molar-refractivity contribution in [3.63, 3.8) is 0 Å². The third-order valence-electron chi connectivity index (χ3n) is 4.15. The highest BCUT2D eigenvalue weighted by molar-refractivity contribution is 6.33. The van der Waals surface area contributed by atoms with Gasteiger partial charge in [-0.2, -0.15) is 0 Å². The molecule has 0 radical (unpaired) electrons. The number of aryl methyl sites for hydroxylation is 1. The molecule has 0 atom stereocenters. The maximum atomic E-state index is 14.1. The summed E-state index contributed by atoms with van der Waals surface area (Å²) in [6.45, 7) is 2.56. The Hall–Kier alpha value is -1.62. The van der Waals surface area contributed by atoms with Crippen LogP contribution in [0, 0.1) is 6.92 Å². The molecular formula is C18H18Cl2FN3. The van der Waals surface area contributed by atoms with Gasteiger partial charge in [0.25, 0.3) is 0 Å². The quantitative estimate of drug-likeness (QED) is 0.817. The molecule has 3 nitrogen and oxygen atoms in total. The van der Waals surface area contributed by atoms with Crippen molar-refractivity contribution in [1.82, 2.24) is 9.55 Å². The van der Waals surface area contributed by atoms with Crippen molar-refractivity contribution in [2.24, 2.45) is 5.73 Å². The van der Waals surface area contributed by atoms with Crippen LogP contribution in [0.5, 0.6) is 0 Å². The number of benzene rings is 1. The van der Waals surface area contributed by atoms with Crippen LogP contribution >= 0.6 is 23.2 Å². The van der Waals surface area contributed by atoms with E-state index in [0.717, 1.165) is 22.5 Å². The number of hydrogen-bond acceptors (Lipinski definition) is 2. The second kappa shape index (κ2) is 7.09. The summed E-state index contributed by atoms with van der Waals surface area (Å²) in [5.41, 5.74) is 9.84. The lowest BCUT2D eigenvalue weighted by Gasteiger charge is -2.16. The Morgan fingerprint density at radius 1 is 1.33 bits per heavy atom. The molecule has 1 aliphatic rings. The van der Waals surface area contributed by atoms with Gasteiger partial charge in [0.15, 0.2) is 0 Å². The molecule has 0 unspecified atom stereocenters. The summed E-state index contributed by atoms with van der Waals surface area (Å²) in [7, 11) is 0. The van der Waals surface area contributed by atoms with Crippen molar-refractivity contribution >= 4 is 23.2 Å². The smallest absolute Gasteiger partial charge is 0.107 e. The summed E-state index contributed by atoms with van der Waals surface area (Å²) in [4.78, 5) is 4.45. The van der Waals surface area contributed by atoms with Gasteiger partial charge in [-0.3, -0.25) is 0 Å². The van der Waals surface area contributed by atoms with Crippen LogP contribution in [-0.4, -0.2) is 9.55 Å². The van der Waals surface area contributed by atoms with Gasteiger partial charge in [-0.25, -0.2) is 9.37 Å². The van der Waals surface area contributed by atoms with E-state index < -0.39 is 0 Å². The van der Waals surface area contributed by atoms with Crippen LogP contribution < -0.4 is 5.73 Å². The van der Waals surface area contributed by atoms with Crippen LogP contribution in [0.25, 0.3) is 11.3 Å². The summed E-state index contributed by atoms with van der Waals surface area (Å²) >= 11 is 12.5. The van der Waals surface area contributed by atoms with Gasteiger partial charge >= 0.3 is 0 Å². The van der Waals surface area contributed by atoms with E-state index >= 15 is 0 Å². The first-order chi connectivity index (χ1) is 11.5. The van der Waals surface area contributed by atoms with E-state index in [4.69, 9.17) is 28.9 Å². The Labute approximate surface area is 150 Å². The number of nitrogens with zero attached hydrogens (tertiary/aromatic N) is 2. The van der Waals surface area contributed by atoms with Crippen LogP contribution in [0.3, 0.4) is 0 Å². The van der Waals surface area contributed by atoms with E-state index in [9.17, 15) is 4.39 Å². The number of nitrogens with two attached hydrogens (primary N) is 1. The second-order valence-electron chi connectivity index (χ2n) is 5.83. The lowest BCUT2D eigenvalue weighted by Crippen LogP contribution is -2.11. The molecule has 0 fully saturated rings. The van der Waals surface area contributed by atoms with Gasteiger partial charge in [0.2, 0.25) is 0 Å². The van der Waals surface area contributed by atoms with Gasteiger partial charge in [-0.1, -0.05) is 41.4 Å². The molecule has 1 aromatic carbocycles. The van der Waals surface area contributed by atoms with Crippen LogP contribution in [-0.2, 0) is 13.1 Å². The highest BCUT2D eigenvalue weighted by atomic mass is 35.5. The van der Waals surface area contributed by atoms with E-state index in [-0.39, 0.29) is 12.4 Å². The number of rotatable bonds is 4. The van der Waals surface area contributed by atoms with E-state index in [1.54, 1.807) is 6.33 Å². The Morgan fingerprint density at radius 2 is 2.12 bits per heavy atom. The fraction of sp³-hybridized carbons (Fsp3) is 0.278. The maximum Gasteiger partial charge on any atom is 0.107 e. The number of hydrogen-bond donors (Lipinski definition) is 1. The van der Waals surface area contributed by atoms with Crippen LogP contribution in [0.15, 0.2) is 47.0 Å². The molecule has 0 amide bonds. The molecular weight excluding hydrogens is 348 g/mol. The van der Waals surface area contributed by atoms with Gasteiger partial charge in [-0.05, 0) is 25.0 Å². The van der Waals surface area contributed by atoms with Crippen molar-refractivity contribution in [2.75, 3.05) is 0 Å². The summed E-state index contributed by atoms with van der Waals surface area (Å²) in [6, 6.07) is 5.79. The van der Waals surface area contributed by atoms with Crippen molar-refractivity contribution in [2.45, 2.75) is 32.9 Å². The minimum Gasteiger partial charge on any atom is -0.328 e. The molecule has 1 aliphatic carbocycles. The summed E-state index contributed by atoms with van der Waals surface area (Å²) in [5, 5.41) is 1.08. The molecule has 1 aromatic heterocycles. The first kappa shape index (κ1) is 17.2. The van der Waals surface area contributed by atoms with Crippen LogP contribution in [0.4, 0.5) is 4.39 Å². The van der Waals surface area contributed by atoms with Gasteiger partial charge in [0, 0.05) is 29.1 Å². The predicted octanol–water partition coefficient (Wildman–Crippen LogP) is 5.11. The topological polar surface area (TPSA) is 43.8 Å². The fourth-order valence-electron chi connectivity index (χ4n) is 2.86. The first-order valence-electron chi connectivity index (χ1n) is 7.75. The maximum absolute atomic E-state index is 14.1. The monoisotopic (exact) mass is 365 g/mol. The van der Waals surface area contributed by atoms with Gasteiger partial charge in [-0.15, -0.1) is 0 Å². The van der Waals surface area contributed by atoms with Crippen molar-refractivity contribution in [1.29, 1.82) is 0 Å². The average Bonchev–Trinajstić information content (AvgIpc) is 2.93. The van der Waals surface area contributed by atoms with E-state index in [1.165, 1.54) is 0 Å². The second-order valence-corrected chi connectivity index (χ2v) is 6.64. The van der Waals surface area contributed by atoms with Crippen LogP contribution in [0.2, 0.25) is 5.02 Å². The summed E-state index contributed by atoms with van der Waals surface area (Å²) in [5.74, 6) is -0.172. The van der Waals surface area contributed by atoms with Gasteiger partial charge < -0.3 is 10.3 Å². The third kappa shape index (κ3) is 3.27. The summed E-state index contributed by atoms with van der Waals surface area (Å²) < 4.78 is 16.0. The van der Waals surface area contributed by atoms with E-state index in [2.05, 4.69) is 4.98 Å². The van der Waals surface area contributed by atoms with Gasteiger partial charge in [0.1, 0.15) is 5.83 Å². The predicted molar refractivity (Wildman–Crippen MR) is 96.6 cm³/mol. The van der Waals surface area contributed by atoms with E-state index in [1.807, 2.05) is 35.8 Å². The van der Waals surface area contributed by atoms with E-state index in [0.29, 0.717) is 35.0 Å². The Morgan fingerprint density at radius 3 is 2.79 bits per heavy atom. The molecule has 2 N–H and O–H groups in total. The fourth-order valence-corrected chi connectivity index (χ4v) is 3.45. The lowest BCUT2D eigenvalue weighted by atomic mass is 10.0. The molecule has 0 saturated heterocycles. The number of aromatic nitrogens is 2. The molecule has 0 bridgehead atoms. The van der Waals surface area contributed by atoms with Crippen molar-refractivity contribution in [3.05, 3.63) is 63.3 Å². The van der Waals surface area contributed by atoms with Gasteiger partial charge in [0.05, 0.1) is 29.3 Å². The third-order valence-corrected chi connectivity index (χ3v) is 4.85. The van der Waals surface area contributed by atoms with Crippen LogP contribution in [0.1, 0.15) is 24.1 Å². The highest BCUT2D eigenvalue weighted by Gasteiger charge is 2.19. The SMILES string of the molecule is Cc1ccc(-c2ncn(CC3=C(F)CCC=C3Cl)c2CN)c(Cl)c1. The molecule has 2 aromatic rings. The molecule has 24 heavy (non-hydrogen) atoms. The molecule has 1 heterocycles. The highest BCUT2D eigenvalue weighted by Crippen LogP contribution is 2.33. The molecule has 6 heteroatoms. The number of halogens is 3. The standard InChI is InChI=1S/C18H18Cl2FN3/c1-11-5-6-12(15(20)7-11)18-17(8-22)24(10-23-18)9-13-14(19)3-2-4-16(13)21/h3,5-7,10H,2,4,8-9,22H2,1H3. The molecule has 0 aliphatic heterocycles. The van der Waals surface area contributed by atoms with Crippen molar-refractivity contribution in [3.8, 4) is 11.3 Å². The zero-order valence-electron chi connectivity index (χ0n) is 13.3. The molecule has 126 valence electrons. The molecule has 3 rings (SSSR count). The Kier molecular flexibility index (Phi) is 5.09. The number of allylic oxidation sites excluding steroid dienone is 4. The Bertz CT molecular complexity index is 837. The Balaban J connectivity index is 2.00. The van der Waals surface area contributed by atoms with Crippen molar-refractivity contribution < 1.29 is 4.39 Å². The first-order valence-corrected chi connectivity index (χ1v) is 8.51.